The third kappa shape index (κ3) is 9.38. The fourth-order valence-corrected chi connectivity index (χ4v) is 6.60. The monoisotopic (exact) mass is 527 g/mol. The molecule has 33 heavy (non-hydrogen) atoms. The number of Topliss-reactive ketones (excluding diaryl/α,β-unsaturated/α-hetero) is 1. The summed E-state index contributed by atoms with van der Waals surface area (Å²) in [5.74, 6) is 0.300. The molecule has 1 aliphatic rings. The second-order valence-corrected chi connectivity index (χ2v) is 13.3. The van der Waals surface area contributed by atoms with E-state index in [0.29, 0.717) is 25.0 Å². The minimum absolute atomic E-state index is 0.0193. The fraction of sp³-hybridized carbons (Fsp3) is 0.640. The molecular weight excluding hydrogens is 489 g/mol. The van der Waals surface area contributed by atoms with E-state index in [1.54, 1.807) is 41.5 Å². The van der Waals surface area contributed by atoms with Gasteiger partial charge in [0.25, 0.3) is 0 Å². The molecule has 1 unspecified atom stereocenters. The Bertz CT molecular complexity index is 814. The standard InChI is InChI=1S/C25H37NO6Se/c1-23(2,3)30-21(28)26(32-22(29)31-24(4,5)6)18-12-17-25(16-11-10-15-20(25)27)33-19-13-8-7-9-14-19/h7-9,13-14H,10-12,15-18H2,1-6H3. The third-order valence-electron chi connectivity index (χ3n) is 4.91. The maximum absolute atomic E-state index is 13.1. The number of nitrogens with zero attached hydrogens (tertiary/aromatic N) is 1. The minimum atomic E-state index is -0.967. The number of benzene rings is 1. The van der Waals surface area contributed by atoms with Gasteiger partial charge >= 0.3 is 204 Å². The van der Waals surface area contributed by atoms with Gasteiger partial charge in [-0.15, -0.1) is 0 Å². The molecular formula is C25H37NO6Se. The predicted octanol–water partition coefficient (Wildman–Crippen LogP) is 5.20. The zero-order valence-electron chi connectivity index (χ0n) is 20.6. The number of rotatable bonds is 6. The van der Waals surface area contributed by atoms with Crippen molar-refractivity contribution in [1.82, 2.24) is 5.06 Å². The van der Waals surface area contributed by atoms with E-state index < -0.39 is 27.8 Å². The Balaban J connectivity index is 2.11. The summed E-state index contributed by atoms with van der Waals surface area (Å²) in [4.78, 5) is 43.2. The molecule has 7 nitrogen and oxygen atoms in total. The maximum atomic E-state index is 13.1. The van der Waals surface area contributed by atoms with Crippen molar-refractivity contribution >= 4 is 37.5 Å². The molecule has 2 rings (SSSR count). The van der Waals surface area contributed by atoms with Gasteiger partial charge in [-0.05, 0) is 0 Å². The molecule has 0 spiro atoms. The summed E-state index contributed by atoms with van der Waals surface area (Å²) in [5.41, 5.74) is -1.50. The molecule has 1 atom stereocenters. The molecule has 0 aliphatic heterocycles. The van der Waals surface area contributed by atoms with E-state index in [0.717, 1.165) is 24.3 Å². The summed E-state index contributed by atoms with van der Waals surface area (Å²) in [6, 6.07) is 10.1. The van der Waals surface area contributed by atoms with Gasteiger partial charge in [-0.25, -0.2) is 0 Å². The van der Waals surface area contributed by atoms with E-state index in [9.17, 15) is 14.4 Å². The van der Waals surface area contributed by atoms with Gasteiger partial charge in [0.15, 0.2) is 0 Å². The summed E-state index contributed by atoms with van der Waals surface area (Å²) >= 11 is -0.0193. The number of carbonyl (C=O) groups is 3. The van der Waals surface area contributed by atoms with Crippen LogP contribution in [0.1, 0.15) is 80.1 Å². The molecule has 1 saturated carbocycles. The molecule has 1 amide bonds. The average Bonchev–Trinajstić information content (AvgIpc) is 2.67. The van der Waals surface area contributed by atoms with Crippen molar-refractivity contribution in [3.63, 3.8) is 0 Å². The Kier molecular flexibility index (Phi) is 9.38. The number of hydrogen-bond donors (Lipinski definition) is 0. The second-order valence-electron chi connectivity index (χ2n) is 10.3. The molecule has 1 fully saturated rings. The third-order valence-corrected chi connectivity index (χ3v) is 8.13. The van der Waals surface area contributed by atoms with Crippen LogP contribution in [0.2, 0.25) is 4.31 Å². The Morgan fingerprint density at radius 1 is 1.00 bits per heavy atom. The number of carbonyl (C=O) groups excluding carboxylic acids is 3. The second kappa shape index (κ2) is 11.4. The molecule has 1 aromatic rings. The van der Waals surface area contributed by atoms with Gasteiger partial charge in [0, 0.05) is 0 Å². The van der Waals surface area contributed by atoms with Crippen molar-refractivity contribution in [2.75, 3.05) is 6.54 Å². The van der Waals surface area contributed by atoms with E-state index in [1.165, 1.54) is 4.46 Å². The van der Waals surface area contributed by atoms with Crippen molar-refractivity contribution < 1.29 is 28.7 Å². The normalized spacial score (nSPS) is 19.0. The first kappa shape index (κ1) is 27.2. The van der Waals surface area contributed by atoms with Gasteiger partial charge in [-0.3, -0.25) is 0 Å². The number of ether oxygens (including phenoxy) is 2. The van der Waals surface area contributed by atoms with E-state index in [2.05, 4.69) is 12.1 Å². The van der Waals surface area contributed by atoms with E-state index in [4.69, 9.17) is 14.3 Å². The van der Waals surface area contributed by atoms with Crippen molar-refractivity contribution in [2.24, 2.45) is 0 Å². The van der Waals surface area contributed by atoms with Crippen molar-refractivity contribution in [3.05, 3.63) is 30.3 Å². The van der Waals surface area contributed by atoms with Crippen LogP contribution in [0.25, 0.3) is 0 Å². The molecule has 1 aromatic carbocycles. The number of hydrogen-bond acceptors (Lipinski definition) is 6. The van der Waals surface area contributed by atoms with Gasteiger partial charge in [-0.1, -0.05) is 0 Å². The Hall–Kier alpha value is -2.05. The van der Waals surface area contributed by atoms with Crippen LogP contribution in [0.4, 0.5) is 9.59 Å². The van der Waals surface area contributed by atoms with E-state index >= 15 is 0 Å². The van der Waals surface area contributed by atoms with Crippen molar-refractivity contribution in [3.8, 4) is 0 Å². The quantitative estimate of drug-likeness (QED) is 0.288. The zero-order valence-corrected chi connectivity index (χ0v) is 22.4. The van der Waals surface area contributed by atoms with Gasteiger partial charge in [0.1, 0.15) is 0 Å². The molecule has 0 heterocycles. The first-order chi connectivity index (χ1) is 15.3. The zero-order chi connectivity index (χ0) is 24.7. The molecule has 8 heteroatoms. The van der Waals surface area contributed by atoms with E-state index in [1.807, 2.05) is 18.2 Å². The van der Waals surface area contributed by atoms with Crippen LogP contribution in [-0.2, 0) is 19.1 Å². The van der Waals surface area contributed by atoms with Crippen LogP contribution < -0.4 is 4.46 Å². The van der Waals surface area contributed by atoms with Crippen LogP contribution in [-0.4, -0.2) is 55.8 Å². The SMILES string of the molecule is CC(C)(C)OC(=O)ON(CCCC1([Se]c2ccccc2)CCCCC1=O)C(=O)OC(C)(C)C. The average molecular weight is 527 g/mol. The molecule has 0 N–H and O–H groups in total. The van der Waals surface area contributed by atoms with Crippen molar-refractivity contribution in [2.45, 2.75) is 95.6 Å². The number of amides is 1. The van der Waals surface area contributed by atoms with Crippen LogP contribution >= 0.6 is 0 Å². The summed E-state index contributed by atoms with van der Waals surface area (Å²) in [6.45, 7) is 10.5. The Morgan fingerprint density at radius 2 is 1.64 bits per heavy atom. The molecule has 0 saturated heterocycles. The van der Waals surface area contributed by atoms with E-state index in [-0.39, 0.29) is 21.5 Å². The van der Waals surface area contributed by atoms with Gasteiger partial charge in [-0.2, -0.15) is 0 Å². The number of ketones is 1. The first-order valence-corrected chi connectivity index (χ1v) is 13.2. The topological polar surface area (TPSA) is 82.1 Å². The predicted molar refractivity (Wildman–Crippen MR) is 127 cm³/mol. The van der Waals surface area contributed by atoms with Gasteiger partial charge in [0.05, 0.1) is 0 Å². The molecule has 0 aromatic heterocycles. The van der Waals surface area contributed by atoms with Gasteiger partial charge < -0.3 is 0 Å². The van der Waals surface area contributed by atoms with Crippen LogP contribution in [0.3, 0.4) is 0 Å². The summed E-state index contributed by atoms with van der Waals surface area (Å²) in [7, 11) is 0. The van der Waals surface area contributed by atoms with Crippen molar-refractivity contribution in [1.29, 1.82) is 0 Å². The molecule has 184 valence electrons. The summed E-state index contributed by atoms with van der Waals surface area (Å²) < 4.78 is 11.4. The van der Waals surface area contributed by atoms with Crippen LogP contribution in [0.15, 0.2) is 30.3 Å². The summed E-state index contributed by atoms with van der Waals surface area (Å²) in [6.07, 6.45) is 2.79. The number of hydroxylamine groups is 2. The first-order valence-electron chi connectivity index (χ1n) is 11.5. The Labute approximate surface area is 203 Å². The fourth-order valence-electron chi connectivity index (χ4n) is 3.55. The molecule has 0 bridgehead atoms. The molecule has 0 radical (unpaired) electrons. The van der Waals surface area contributed by atoms with Crippen LogP contribution in [0, 0.1) is 0 Å². The summed E-state index contributed by atoms with van der Waals surface area (Å²) in [5, 5.41) is 0.913. The van der Waals surface area contributed by atoms with Gasteiger partial charge in [0.2, 0.25) is 0 Å². The molecule has 1 aliphatic carbocycles. The Morgan fingerprint density at radius 3 is 2.21 bits per heavy atom. The van der Waals surface area contributed by atoms with Crippen LogP contribution in [0.5, 0.6) is 0 Å².